The van der Waals surface area contributed by atoms with E-state index >= 15 is 0 Å². The molecule has 0 aliphatic carbocycles. The molecular formula is C10H19N3O3. The molecule has 0 unspecified atom stereocenters. The van der Waals surface area contributed by atoms with E-state index in [9.17, 15) is 9.59 Å². The van der Waals surface area contributed by atoms with Crippen LogP contribution in [0.2, 0.25) is 0 Å². The van der Waals surface area contributed by atoms with Crippen molar-refractivity contribution in [2.24, 2.45) is 0 Å². The van der Waals surface area contributed by atoms with Crippen LogP contribution in [0.5, 0.6) is 0 Å². The molecule has 0 radical (unpaired) electrons. The van der Waals surface area contributed by atoms with E-state index in [1.54, 1.807) is 0 Å². The molecule has 0 saturated carbocycles. The summed E-state index contributed by atoms with van der Waals surface area (Å²) in [7, 11) is 2.05. The molecule has 0 atom stereocenters. The van der Waals surface area contributed by atoms with Crippen molar-refractivity contribution in [1.29, 1.82) is 0 Å². The van der Waals surface area contributed by atoms with Gasteiger partial charge in [-0.15, -0.1) is 0 Å². The molecule has 1 aliphatic rings. The predicted molar refractivity (Wildman–Crippen MR) is 58.7 cm³/mol. The van der Waals surface area contributed by atoms with Crippen molar-refractivity contribution in [3.8, 4) is 0 Å². The summed E-state index contributed by atoms with van der Waals surface area (Å²) in [6.07, 6.45) is 0.726. The van der Waals surface area contributed by atoms with E-state index in [0.717, 1.165) is 26.2 Å². The van der Waals surface area contributed by atoms with Crippen molar-refractivity contribution >= 4 is 11.9 Å². The minimum atomic E-state index is -0.854. The van der Waals surface area contributed by atoms with E-state index in [2.05, 4.69) is 10.3 Å². The van der Waals surface area contributed by atoms with Crippen LogP contribution in [0.25, 0.3) is 0 Å². The molecule has 0 bridgehead atoms. The third-order valence-electron chi connectivity index (χ3n) is 2.58. The summed E-state index contributed by atoms with van der Waals surface area (Å²) in [5, 5.41) is 10.3. The predicted octanol–water partition coefficient (Wildman–Crippen LogP) is -0.480. The minimum absolute atomic E-state index is 0.0517. The van der Waals surface area contributed by atoms with Gasteiger partial charge >= 0.3 is 5.97 Å². The van der Waals surface area contributed by atoms with Crippen LogP contribution >= 0.6 is 0 Å². The molecule has 0 aromatic carbocycles. The fourth-order valence-electron chi connectivity index (χ4n) is 1.55. The zero-order chi connectivity index (χ0) is 12.0. The van der Waals surface area contributed by atoms with Gasteiger partial charge in [0.05, 0.1) is 0 Å². The number of hydrogen-bond donors (Lipinski definition) is 2. The number of carbonyl (C=O) groups excluding carboxylic acids is 1. The summed E-state index contributed by atoms with van der Waals surface area (Å²) < 4.78 is 0. The number of carboxylic acid groups (broad SMARTS) is 1. The number of piperazine rings is 1. The number of likely N-dealkylation sites (N-methyl/N-ethyl adjacent to an activating group) is 1. The normalized spacial score (nSPS) is 18.3. The summed E-state index contributed by atoms with van der Waals surface area (Å²) in [4.78, 5) is 23.9. The molecule has 16 heavy (non-hydrogen) atoms. The smallest absolute Gasteiger partial charge is 0.303 e. The lowest BCUT2D eigenvalue weighted by molar-refractivity contribution is -0.137. The van der Waals surface area contributed by atoms with Crippen molar-refractivity contribution in [2.75, 3.05) is 33.2 Å². The first-order valence-corrected chi connectivity index (χ1v) is 5.52. The fourth-order valence-corrected chi connectivity index (χ4v) is 1.55. The number of aliphatic carboxylic acids is 1. The lowest BCUT2D eigenvalue weighted by atomic mass is 10.2. The molecule has 0 aromatic rings. The number of carboxylic acids is 1. The number of carbonyl (C=O) groups is 2. The van der Waals surface area contributed by atoms with Crippen LogP contribution < -0.4 is 5.43 Å². The number of hydrogen-bond acceptors (Lipinski definition) is 4. The summed E-state index contributed by atoms with van der Waals surface area (Å²) in [6, 6.07) is 0. The average Bonchev–Trinajstić information content (AvgIpc) is 2.21. The molecule has 6 nitrogen and oxygen atoms in total. The zero-order valence-electron chi connectivity index (χ0n) is 9.61. The molecule has 6 heteroatoms. The Morgan fingerprint density at radius 2 is 1.81 bits per heavy atom. The minimum Gasteiger partial charge on any atom is -0.481 e. The maximum Gasteiger partial charge on any atom is 0.303 e. The van der Waals surface area contributed by atoms with Crippen LogP contribution in [-0.4, -0.2) is 60.1 Å². The lowest BCUT2D eigenvalue weighted by Crippen LogP contribution is -2.52. The third-order valence-corrected chi connectivity index (χ3v) is 2.58. The SMILES string of the molecule is CN1CCN(NC(=O)CCCC(=O)O)CC1. The van der Waals surface area contributed by atoms with Crippen molar-refractivity contribution < 1.29 is 14.7 Å². The van der Waals surface area contributed by atoms with Gasteiger partial charge in [0, 0.05) is 39.0 Å². The maximum atomic E-state index is 11.4. The largest absolute Gasteiger partial charge is 0.481 e. The number of nitrogens with one attached hydrogen (secondary N) is 1. The third kappa shape index (κ3) is 5.09. The molecule has 1 amide bonds. The van der Waals surface area contributed by atoms with Gasteiger partial charge in [0.25, 0.3) is 0 Å². The highest BCUT2D eigenvalue weighted by Gasteiger charge is 2.15. The Hall–Kier alpha value is -1.14. The fraction of sp³-hybridized carbons (Fsp3) is 0.800. The van der Waals surface area contributed by atoms with Gasteiger partial charge in [-0.25, -0.2) is 5.01 Å². The molecule has 92 valence electrons. The van der Waals surface area contributed by atoms with E-state index in [-0.39, 0.29) is 18.7 Å². The van der Waals surface area contributed by atoms with Crippen LogP contribution in [0.1, 0.15) is 19.3 Å². The van der Waals surface area contributed by atoms with Crippen LogP contribution in [0, 0.1) is 0 Å². The van der Waals surface area contributed by atoms with Crippen molar-refractivity contribution in [1.82, 2.24) is 15.3 Å². The van der Waals surface area contributed by atoms with E-state index < -0.39 is 5.97 Å². The van der Waals surface area contributed by atoms with Crippen LogP contribution in [0.3, 0.4) is 0 Å². The Morgan fingerprint density at radius 1 is 1.19 bits per heavy atom. The zero-order valence-corrected chi connectivity index (χ0v) is 9.61. The molecule has 1 fully saturated rings. The average molecular weight is 229 g/mol. The Bertz CT molecular complexity index is 250. The number of amides is 1. The second-order valence-electron chi connectivity index (χ2n) is 4.07. The molecule has 2 N–H and O–H groups in total. The first-order valence-electron chi connectivity index (χ1n) is 5.52. The Morgan fingerprint density at radius 3 is 2.38 bits per heavy atom. The highest BCUT2D eigenvalue weighted by atomic mass is 16.4. The molecule has 1 aliphatic heterocycles. The summed E-state index contributed by atoms with van der Waals surface area (Å²) in [5.74, 6) is -0.946. The van der Waals surface area contributed by atoms with Crippen molar-refractivity contribution in [2.45, 2.75) is 19.3 Å². The monoisotopic (exact) mass is 229 g/mol. The number of nitrogens with zero attached hydrogens (tertiary/aromatic N) is 2. The maximum absolute atomic E-state index is 11.4. The van der Waals surface area contributed by atoms with E-state index in [0.29, 0.717) is 6.42 Å². The molecule has 0 aromatic heterocycles. The highest BCUT2D eigenvalue weighted by Crippen LogP contribution is 1.98. The molecule has 1 saturated heterocycles. The standard InChI is InChI=1S/C10H19N3O3/c1-12-5-7-13(8-6-12)11-9(14)3-2-4-10(15)16/h2-8H2,1H3,(H,11,14)(H,15,16). The van der Waals surface area contributed by atoms with Gasteiger partial charge in [0.2, 0.25) is 5.91 Å². The summed E-state index contributed by atoms with van der Waals surface area (Å²) >= 11 is 0. The molecule has 0 spiro atoms. The quantitative estimate of drug-likeness (QED) is 0.666. The Kier molecular flexibility index (Phi) is 5.21. The van der Waals surface area contributed by atoms with E-state index in [1.165, 1.54) is 0 Å². The number of hydrazine groups is 1. The Labute approximate surface area is 95.2 Å². The van der Waals surface area contributed by atoms with E-state index in [1.807, 2.05) is 12.1 Å². The van der Waals surface area contributed by atoms with Crippen LogP contribution in [0.4, 0.5) is 0 Å². The van der Waals surface area contributed by atoms with Gasteiger partial charge in [-0.05, 0) is 13.5 Å². The van der Waals surface area contributed by atoms with E-state index in [4.69, 9.17) is 5.11 Å². The van der Waals surface area contributed by atoms with Gasteiger partial charge in [0.1, 0.15) is 0 Å². The second-order valence-corrected chi connectivity index (χ2v) is 4.07. The first-order chi connectivity index (χ1) is 7.58. The van der Waals surface area contributed by atoms with Gasteiger partial charge in [-0.1, -0.05) is 0 Å². The highest BCUT2D eigenvalue weighted by molar-refractivity contribution is 5.76. The topological polar surface area (TPSA) is 72.9 Å². The number of rotatable bonds is 5. The molecular weight excluding hydrogens is 210 g/mol. The van der Waals surface area contributed by atoms with Gasteiger partial charge in [0.15, 0.2) is 0 Å². The molecule has 1 heterocycles. The lowest BCUT2D eigenvalue weighted by Gasteiger charge is -2.32. The van der Waals surface area contributed by atoms with Crippen LogP contribution in [-0.2, 0) is 9.59 Å². The van der Waals surface area contributed by atoms with Gasteiger partial charge < -0.3 is 10.0 Å². The first kappa shape index (κ1) is 12.9. The van der Waals surface area contributed by atoms with Gasteiger partial charge in [-0.3, -0.25) is 15.0 Å². The van der Waals surface area contributed by atoms with Crippen molar-refractivity contribution in [3.05, 3.63) is 0 Å². The van der Waals surface area contributed by atoms with Crippen molar-refractivity contribution in [3.63, 3.8) is 0 Å². The summed E-state index contributed by atoms with van der Waals surface area (Å²) in [6.45, 7) is 3.52. The summed E-state index contributed by atoms with van der Waals surface area (Å²) in [5.41, 5.74) is 2.79. The molecule has 1 rings (SSSR count). The van der Waals surface area contributed by atoms with Gasteiger partial charge in [-0.2, -0.15) is 0 Å². The Balaban J connectivity index is 2.11. The second kappa shape index (κ2) is 6.44. The van der Waals surface area contributed by atoms with Crippen LogP contribution in [0.15, 0.2) is 0 Å².